The van der Waals surface area contributed by atoms with Gasteiger partial charge in [-0.1, -0.05) is 38.0 Å². The molecule has 0 aliphatic carbocycles. The first-order valence-electron chi connectivity index (χ1n) is 11.1. The molecule has 0 saturated carbocycles. The van der Waals surface area contributed by atoms with Crippen molar-refractivity contribution in [1.29, 1.82) is 0 Å². The van der Waals surface area contributed by atoms with E-state index in [0.29, 0.717) is 28.6 Å². The highest BCUT2D eigenvalue weighted by atomic mass is 16.5. The topological polar surface area (TPSA) is 111 Å². The van der Waals surface area contributed by atoms with Gasteiger partial charge in [0.05, 0.1) is 5.39 Å². The molecule has 0 spiro atoms. The lowest BCUT2D eigenvalue weighted by Crippen LogP contribution is -2.28. The number of anilines is 1. The zero-order chi connectivity index (χ0) is 24.7. The predicted molar refractivity (Wildman–Crippen MR) is 129 cm³/mol. The SMILES string of the molecule is CCCCCn1nc(C(=O)OCC(=O)Nc2ccc(C(=O)N(C)C)cc2)c2ccccc2c1=O. The van der Waals surface area contributed by atoms with E-state index in [1.165, 1.54) is 9.58 Å². The van der Waals surface area contributed by atoms with E-state index in [2.05, 4.69) is 17.3 Å². The number of hydrogen-bond donors (Lipinski definition) is 1. The molecule has 178 valence electrons. The molecule has 3 rings (SSSR count). The molecule has 1 heterocycles. The molecule has 34 heavy (non-hydrogen) atoms. The second kappa shape index (κ2) is 11.2. The number of aryl methyl sites for hydroxylation is 1. The van der Waals surface area contributed by atoms with Gasteiger partial charge in [0.1, 0.15) is 0 Å². The lowest BCUT2D eigenvalue weighted by Gasteiger charge is -2.12. The molecule has 9 nitrogen and oxygen atoms in total. The molecule has 0 saturated heterocycles. The monoisotopic (exact) mass is 464 g/mol. The first kappa shape index (κ1) is 24.6. The van der Waals surface area contributed by atoms with Crippen LogP contribution in [0.25, 0.3) is 10.8 Å². The van der Waals surface area contributed by atoms with Gasteiger partial charge in [0, 0.05) is 37.3 Å². The van der Waals surface area contributed by atoms with Gasteiger partial charge in [-0.25, -0.2) is 9.48 Å². The third kappa shape index (κ3) is 5.86. The number of amides is 2. The van der Waals surface area contributed by atoms with Crippen LogP contribution in [0, 0.1) is 0 Å². The smallest absolute Gasteiger partial charge is 0.359 e. The summed E-state index contributed by atoms with van der Waals surface area (Å²) >= 11 is 0. The van der Waals surface area contributed by atoms with Gasteiger partial charge in [-0.15, -0.1) is 0 Å². The van der Waals surface area contributed by atoms with Gasteiger partial charge in [0.25, 0.3) is 17.4 Å². The number of fused-ring (bicyclic) bond motifs is 1. The molecule has 1 N–H and O–H groups in total. The molecule has 1 aromatic heterocycles. The maximum atomic E-state index is 12.8. The number of carbonyl (C=O) groups is 3. The Morgan fingerprint density at radius 2 is 1.68 bits per heavy atom. The van der Waals surface area contributed by atoms with Crippen LogP contribution in [0.2, 0.25) is 0 Å². The van der Waals surface area contributed by atoms with Crippen molar-refractivity contribution < 1.29 is 19.1 Å². The number of aromatic nitrogens is 2. The molecule has 2 aromatic carbocycles. The summed E-state index contributed by atoms with van der Waals surface area (Å²) in [7, 11) is 3.31. The van der Waals surface area contributed by atoms with E-state index in [4.69, 9.17) is 4.74 Å². The van der Waals surface area contributed by atoms with Crippen LogP contribution < -0.4 is 10.9 Å². The first-order chi connectivity index (χ1) is 16.3. The molecule has 0 fully saturated rings. The summed E-state index contributed by atoms with van der Waals surface area (Å²) in [6.07, 6.45) is 2.68. The minimum Gasteiger partial charge on any atom is -0.451 e. The number of rotatable bonds is 9. The van der Waals surface area contributed by atoms with E-state index >= 15 is 0 Å². The second-order valence-electron chi connectivity index (χ2n) is 8.03. The van der Waals surface area contributed by atoms with E-state index in [1.807, 2.05) is 0 Å². The number of hydrogen-bond acceptors (Lipinski definition) is 6. The van der Waals surface area contributed by atoms with Crippen LogP contribution in [0.3, 0.4) is 0 Å². The van der Waals surface area contributed by atoms with Crippen LogP contribution >= 0.6 is 0 Å². The predicted octanol–water partition coefficient (Wildman–Crippen LogP) is 3.08. The Labute approximate surface area is 197 Å². The molecule has 0 unspecified atom stereocenters. The van der Waals surface area contributed by atoms with Gasteiger partial charge in [-0.3, -0.25) is 14.4 Å². The van der Waals surface area contributed by atoms with Gasteiger partial charge in [0.2, 0.25) is 0 Å². The summed E-state index contributed by atoms with van der Waals surface area (Å²) in [5.41, 5.74) is 0.675. The molecule has 3 aromatic rings. The van der Waals surface area contributed by atoms with Gasteiger partial charge >= 0.3 is 5.97 Å². The van der Waals surface area contributed by atoms with Crippen LogP contribution in [0.15, 0.2) is 53.3 Å². The van der Waals surface area contributed by atoms with Crippen LogP contribution in [-0.4, -0.2) is 53.2 Å². The summed E-state index contributed by atoms with van der Waals surface area (Å²) in [6.45, 7) is 1.93. The highest BCUT2D eigenvalue weighted by Gasteiger charge is 2.19. The van der Waals surface area contributed by atoms with E-state index in [1.54, 1.807) is 62.6 Å². The van der Waals surface area contributed by atoms with E-state index in [9.17, 15) is 19.2 Å². The fourth-order valence-electron chi connectivity index (χ4n) is 3.40. The third-order valence-corrected chi connectivity index (χ3v) is 5.19. The van der Waals surface area contributed by atoms with Crippen molar-refractivity contribution in [2.24, 2.45) is 0 Å². The van der Waals surface area contributed by atoms with Gasteiger partial charge < -0.3 is 15.0 Å². The maximum absolute atomic E-state index is 12.8. The summed E-state index contributed by atoms with van der Waals surface area (Å²) < 4.78 is 6.48. The summed E-state index contributed by atoms with van der Waals surface area (Å²) in [4.78, 5) is 51.2. The Kier molecular flexibility index (Phi) is 8.13. The standard InChI is InChI=1S/C25H28N4O5/c1-4-5-8-15-29-24(32)20-10-7-6-9-19(20)22(27-29)25(33)34-16-21(30)26-18-13-11-17(12-14-18)23(31)28(2)3/h6-7,9-14H,4-5,8,15-16H2,1-3H3,(H,26,30). The van der Waals surface area contributed by atoms with Crippen LogP contribution in [0.1, 0.15) is 47.0 Å². The van der Waals surface area contributed by atoms with E-state index in [0.717, 1.165) is 19.3 Å². The van der Waals surface area contributed by atoms with Crippen LogP contribution in [0.4, 0.5) is 5.69 Å². The van der Waals surface area contributed by atoms with Crippen molar-refractivity contribution in [3.05, 3.63) is 70.1 Å². The molecular formula is C25H28N4O5. The van der Waals surface area contributed by atoms with Crippen molar-refractivity contribution in [1.82, 2.24) is 14.7 Å². The van der Waals surface area contributed by atoms with Gasteiger partial charge in [0.15, 0.2) is 12.3 Å². The Morgan fingerprint density at radius 1 is 1.00 bits per heavy atom. The van der Waals surface area contributed by atoms with Crippen molar-refractivity contribution >= 4 is 34.2 Å². The fraction of sp³-hybridized carbons (Fsp3) is 0.320. The van der Waals surface area contributed by atoms with Crippen LogP contribution in [-0.2, 0) is 16.1 Å². The summed E-state index contributed by atoms with van der Waals surface area (Å²) in [5, 5.41) is 7.61. The number of nitrogens with one attached hydrogen (secondary N) is 1. The zero-order valence-electron chi connectivity index (χ0n) is 19.5. The number of nitrogens with zero attached hydrogens (tertiary/aromatic N) is 3. The molecule has 0 aliphatic heterocycles. The first-order valence-corrected chi connectivity index (χ1v) is 11.1. The van der Waals surface area contributed by atoms with Crippen LogP contribution in [0.5, 0.6) is 0 Å². The Balaban J connectivity index is 1.70. The van der Waals surface area contributed by atoms with Gasteiger partial charge in [-0.2, -0.15) is 5.10 Å². The molecule has 9 heteroatoms. The van der Waals surface area contributed by atoms with Crippen molar-refractivity contribution in [3.8, 4) is 0 Å². The third-order valence-electron chi connectivity index (χ3n) is 5.19. The fourth-order valence-corrected chi connectivity index (χ4v) is 3.40. The minimum absolute atomic E-state index is 0.00829. The molecule has 0 aliphatic rings. The Bertz CT molecular complexity index is 1250. The number of ether oxygens (including phenoxy) is 1. The second-order valence-corrected chi connectivity index (χ2v) is 8.03. The Hall–Kier alpha value is -4.01. The largest absolute Gasteiger partial charge is 0.451 e. The quantitative estimate of drug-likeness (QED) is 0.385. The molecule has 0 bridgehead atoms. The molecule has 0 atom stereocenters. The normalized spacial score (nSPS) is 10.7. The minimum atomic E-state index is -0.789. The number of benzene rings is 2. The van der Waals surface area contributed by atoms with Crippen molar-refractivity contribution in [2.45, 2.75) is 32.7 Å². The molecule has 0 radical (unpaired) electrons. The van der Waals surface area contributed by atoms with Crippen molar-refractivity contribution in [3.63, 3.8) is 0 Å². The lowest BCUT2D eigenvalue weighted by atomic mass is 10.1. The van der Waals surface area contributed by atoms with Gasteiger partial charge in [-0.05, 0) is 36.8 Å². The Morgan fingerprint density at radius 3 is 2.32 bits per heavy atom. The highest BCUT2D eigenvalue weighted by molar-refractivity contribution is 6.03. The lowest BCUT2D eigenvalue weighted by molar-refractivity contribution is -0.119. The number of carbonyl (C=O) groups excluding carboxylic acids is 3. The zero-order valence-corrected chi connectivity index (χ0v) is 19.5. The highest BCUT2D eigenvalue weighted by Crippen LogP contribution is 2.15. The molecule has 2 amide bonds. The number of esters is 1. The summed E-state index contributed by atoms with van der Waals surface area (Å²) in [6, 6.07) is 13.1. The van der Waals surface area contributed by atoms with Crippen molar-refractivity contribution in [2.75, 3.05) is 26.0 Å². The maximum Gasteiger partial charge on any atom is 0.359 e. The summed E-state index contributed by atoms with van der Waals surface area (Å²) in [5.74, 6) is -1.48. The average molecular weight is 465 g/mol. The number of unbranched alkanes of at least 4 members (excludes halogenated alkanes) is 2. The van der Waals surface area contributed by atoms with E-state index in [-0.39, 0.29) is 17.2 Å². The molecular weight excluding hydrogens is 436 g/mol. The van der Waals surface area contributed by atoms with E-state index < -0.39 is 18.5 Å². The average Bonchev–Trinajstić information content (AvgIpc) is 2.84.